The lowest BCUT2D eigenvalue weighted by Crippen LogP contribution is -2.36. The Morgan fingerprint density at radius 1 is 1.11 bits per heavy atom. The second-order valence-corrected chi connectivity index (χ2v) is 7.53. The molecule has 4 heteroatoms. The largest absolute Gasteiger partial charge is 0.490 e. The maximum Gasteiger partial charge on any atom is 0.145 e. The fourth-order valence-corrected chi connectivity index (χ4v) is 3.56. The maximum absolute atomic E-state index is 6.09. The van der Waals surface area contributed by atoms with Gasteiger partial charge in [0, 0.05) is 5.92 Å². The molecule has 0 amide bonds. The number of allylic oxidation sites excluding steroid dienone is 5. The predicted octanol–water partition coefficient (Wildman–Crippen LogP) is 4.48. The van der Waals surface area contributed by atoms with Crippen molar-refractivity contribution in [3.8, 4) is 5.75 Å². The number of ether oxygens (including phenoxy) is 4. The Hall–Kier alpha value is -2.30. The van der Waals surface area contributed by atoms with E-state index in [4.69, 9.17) is 18.9 Å². The highest BCUT2D eigenvalue weighted by Gasteiger charge is 2.26. The lowest BCUT2D eigenvalue weighted by Gasteiger charge is -2.30. The van der Waals surface area contributed by atoms with Gasteiger partial charge in [0.05, 0.1) is 19.8 Å². The molecule has 2 unspecified atom stereocenters. The van der Waals surface area contributed by atoms with Gasteiger partial charge in [0.2, 0.25) is 0 Å². The summed E-state index contributed by atoms with van der Waals surface area (Å²) in [7, 11) is 0. The average Bonchev–Trinajstić information content (AvgIpc) is 3.49. The van der Waals surface area contributed by atoms with E-state index in [1.54, 1.807) is 0 Å². The van der Waals surface area contributed by atoms with Gasteiger partial charge in [-0.15, -0.1) is 13.2 Å². The summed E-state index contributed by atoms with van der Waals surface area (Å²) in [6.07, 6.45) is 11.2. The second kappa shape index (κ2) is 8.80. The van der Waals surface area contributed by atoms with Crippen molar-refractivity contribution in [3.05, 3.63) is 78.1 Å². The van der Waals surface area contributed by atoms with Gasteiger partial charge in [-0.2, -0.15) is 0 Å². The summed E-state index contributed by atoms with van der Waals surface area (Å²) in [4.78, 5) is 0. The van der Waals surface area contributed by atoms with Crippen LogP contribution in [-0.4, -0.2) is 38.6 Å². The van der Waals surface area contributed by atoms with Gasteiger partial charge in [-0.3, -0.25) is 0 Å². The predicted molar refractivity (Wildman–Crippen MR) is 110 cm³/mol. The topological polar surface area (TPSA) is 40.2 Å². The average molecular weight is 380 g/mol. The first kappa shape index (κ1) is 19.0. The molecule has 148 valence electrons. The highest BCUT2D eigenvalue weighted by atomic mass is 16.6. The summed E-state index contributed by atoms with van der Waals surface area (Å²) in [6, 6.07) is 6.50. The summed E-state index contributed by atoms with van der Waals surface area (Å²) in [5.41, 5.74) is 3.76. The van der Waals surface area contributed by atoms with Gasteiger partial charge in [-0.25, -0.2) is 0 Å². The van der Waals surface area contributed by atoms with E-state index in [1.165, 1.54) is 16.7 Å². The minimum Gasteiger partial charge on any atom is -0.490 e. The molecule has 2 aliphatic heterocycles. The molecule has 0 bridgehead atoms. The van der Waals surface area contributed by atoms with Crippen molar-refractivity contribution in [1.29, 1.82) is 0 Å². The van der Waals surface area contributed by atoms with E-state index >= 15 is 0 Å². The van der Waals surface area contributed by atoms with Gasteiger partial charge in [-0.05, 0) is 48.1 Å². The molecule has 1 aliphatic carbocycles. The molecule has 3 aliphatic rings. The standard InChI is InChI=1S/C24H28O4/c1-3-5-19-11-17(7-9-23(19)27-16-21-15-26-21)18-8-10-24(20(12-18)6-4-2)28-22-13-25-14-22/h3-4,7-11,18,21-22H,1-2,5-6,12-16H2. The molecule has 2 heterocycles. The number of hydrogen-bond donors (Lipinski definition) is 0. The Morgan fingerprint density at radius 2 is 1.93 bits per heavy atom. The van der Waals surface area contributed by atoms with Crippen LogP contribution in [0, 0.1) is 0 Å². The monoisotopic (exact) mass is 380 g/mol. The van der Waals surface area contributed by atoms with Gasteiger partial charge >= 0.3 is 0 Å². The van der Waals surface area contributed by atoms with Crippen molar-refractivity contribution < 1.29 is 18.9 Å². The first-order chi connectivity index (χ1) is 13.8. The number of epoxide rings is 1. The Labute approximate surface area is 167 Å². The third-order valence-corrected chi connectivity index (χ3v) is 5.29. The quantitative estimate of drug-likeness (QED) is 0.443. The lowest BCUT2D eigenvalue weighted by atomic mass is 9.85. The van der Waals surface area contributed by atoms with E-state index in [-0.39, 0.29) is 12.2 Å². The van der Waals surface area contributed by atoms with Crippen molar-refractivity contribution in [2.75, 3.05) is 26.4 Å². The van der Waals surface area contributed by atoms with Gasteiger partial charge in [0.1, 0.15) is 30.3 Å². The Morgan fingerprint density at radius 3 is 2.61 bits per heavy atom. The van der Waals surface area contributed by atoms with Gasteiger partial charge in [0.25, 0.3) is 0 Å². The summed E-state index contributed by atoms with van der Waals surface area (Å²) in [5.74, 6) is 2.24. The molecular formula is C24H28O4. The highest BCUT2D eigenvalue weighted by Crippen LogP contribution is 2.36. The first-order valence-electron chi connectivity index (χ1n) is 10.0. The van der Waals surface area contributed by atoms with E-state index in [9.17, 15) is 0 Å². The van der Waals surface area contributed by atoms with Crippen LogP contribution in [0.15, 0.2) is 67.0 Å². The number of rotatable bonds is 10. The van der Waals surface area contributed by atoms with E-state index in [0.29, 0.717) is 25.7 Å². The van der Waals surface area contributed by atoms with E-state index in [1.807, 2.05) is 12.2 Å². The van der Waals surface area contributed by atoms with Crippen LogP contribution in [0.3, 0.4) is 0 Å². The van der Waals surface area contributed by atoms with Gasteiger partial charge < -0.3 is 18.9 Å². The third-order valence-electron chi connectivity index (χ3n) is 5.29. The smallest absolute Gasteiger partial charge is 0.145 e. The third kappa shape index (κ3) is 4.57. The van der Waals surface area contributed by atoms with Crippen LogP contribution < -0.4 is 4.74 Å². The van der Waals surface area contributed by atoms with Gasteiger partial charge in [0.15, 0.2) is 0 Å². The molecule has 0 spiro atoms. The normalized spacial score (nSPS) is 23.9. The minimum atomic E-state index is 0.182. The zero-order valence-electron chi connectivity index (χ0n) is 16.3. The molecule has 0 N–H and O–H groups in total. The fraction of sp³-hybridized carbons (Fsp3) is 0.417. The van der Waals surface area contributed by atoms with Crippen molar-refractivity contribution in [2.24, 2.45) is 0 Å². The zero-order valence-corrected chi connectivity index (χ0v) is 16.3. The van der Waals surface area contributed by atoms with Crippen LogP contribution in [-0.2, 0) is 20.6 Å². The summed E-state index contributed by atoms with van der Waals surface area (Å²) in [6.45, 7) is 10.6. The Balaban J connectivity index is 1.49. The maximum atomic E-state index is 6.09. The van der Waals surface area contributed by atoms with Crippen LogP contribution in [0.2, 0.25) is 0 Å². The molecule has 2 saturated heterocycles. The van der Waals surface area contributed by atoms with Crippen molar-refractivity contribution >= 4 is 0 Å². The molecule has 28 heavy (non-hydrogen) atoms. The Kier molecular flexibility index (Phi) is 5.98. The van der Waals surface area contributed by atoms with Crippen molar-refractivity contribution in [1.82, 2.24) is 0 Å². The van der Waals surface area contributed by atoms with Crippen molar-refractivity contribution in [3.63, 3.8) is 0 Å². The van der Waals surface area contributed by atoms with E-state index < -0.39 is 0 Å². The SMILES string of the molecule is C=CCC1=C(OC2COC2)C=CC(c2ccc(OCC3CO3)c(CC=C)c2)C1. The van der Waals surface area contributed by atoms with E-state index in [2.05, 4.69) is 43.5 Å². The summed E-state index contributed by atoms with van der Waals surface area (Å²) >= 11 is 0. The number of benzene rings is 1. The second-order valence-electron chi connectivity index (χ2n) is 7.53. The van der Waals surface area contributed by atoms with Gasteiger partial charge in [-0.1, -0.05) is 30.4 Å². The summed E-state index contributed by atoms with van der Waals surface area (Å²) < 4.78 is 22.5. The molecule has 4 rings (SSSR count). The molecule has 0 radical (unpaired) electrons. The molecule has 2 fully saturated rings. The molecule has 4 nitrogen and oxygen atoms in total. The van der Waals surface area contributed by atoms with Crippen LogP contribution in [0.25, 0.3) is 0 Å². The zero-order chi connectivity index (χ0) is 19.3. The fourth-order valence-electron chi connectivity index (χ4n) is 3.56. The first-order valence-corrected chi connectivity index (χ1v) is 10.0. The van der Waals surface area contributed by atoms with E-state index in [0.717, 1.165) is 37.4 Å². The summed E-state index contributed by atoms with van der Waals surface area (Å²) in [5, 5.41) is 0. The van der Waals surface area contributed by atoms with Crippen LogP contribution in [0.1, 0.15) is 29.9 Å². The van der Waals surface area contributed by atoms with Crippen LogP contribution in [0.4, 0.5) is 0 Å². The molecule has 0 aromatic heterocycles. The number of hydrogen-bond acceptors (Lipinski definition) is 4. The Bertz CT molecular complexity index is 784. The molecule has 0 saturated carbocycles. The van der Waals surface area contributed by atoms with Crippen LogP contribution >= 0.6 is 0 Å². The molecule has 2 atom stereocenters. The van der Waals surface area contributed by atoms with Crippen LogP contribution in [0.5, 0.6) is 5.75 Å². The minimum absolute atomic E-state index is 0.182. The van der Waals surface area contributed by atoms with Crippen molar-refractivity contribution in [2.45, 2.75) is 37.4 Å². The lowest BCUT2D eigenvalue weighted by molar-refractivity contribution is -0.106. The molecule has 1 aromatic rings. The molecule has 1 aromatic carbocycles. The molecular weight excluding hydrogens is 352 g/mol. The highest BCUT2D eigenvalue weighted by molar-refractivity contribution is 5.43.